The van der Waals surface area contributed by atoms with E-state index in [4.69, 9.17) is 4.74 Å². The van der Waals surface area contributed by atoms with Crippen molar-refractivity contribution in [2.24, 2.45) is 39.4 Å². The summed E-state index contributed by atoms with van der Waals surface area (Å²) in [7, 11) is 0. The molecule has 0 aromatic heterocycles. The largest absolute Gasteiger partial charge is 0.481 e. The molecule has 0 spiro atoms. The van der Waals surface area contributed by atoms with Gasteiger partial charge in [0, 0.05) is 48.2 Å². The number of ketones is 4. The van der Waals surface area contributed by atoms with Gasteiger partial charge in [-0.3, -0.25) is 28.8 Å². The number of Topliss-reactive ketones (excluding diaryl/α,β-unsaturated/α-hetero) is 3. The normalized spacial score (nSPS) is 39.0. The molecule has 8 atom stereocenters. The Morgan fingerprint density at radius 2 is 1.63 bits per heavy atom. The number of carboxylic acid groups (broad SMARTS) is 1. The molecule has 0 bridgehead atoms. The average molecular weight is 571 g/mol. The maximum Gasteiger partial charge on any atom is 0.306 e. The van der Waals surface area contributed by atoms with Crippen molar-refractivity contribution in [3.63, 3.8) is 0 Å². The Labute approximate surface area is 240 Å². The molecule has 2 N–H and O–H groups in total. The lowest BCUT2D eigenvalue weighted by Gasteiger charge is -2.60. The number of rotatable bonds is 6. The number of hydrogen-bond donors (Lipinski definition) is 2. The van der Waals surface area contributed by atoms with Crippen LogP contribution in [0.15, 0.2) is 22.8 Å². The monoisotopic (exact) mass is 570 g/mol. The van der Waals surface area contributed by atoms with Gasteiger partial charge in [-0.15, -0.1) is 0 Å². The minimum Gasteiger partial charge on any atom is -0.481 e. The molecule has 0 saturated heterocycles. The summed E-state index contributed by atoms with van der Waals surface area (Å²) in [4.78, 5) is 79.3. The minimum atomic E-state index is -1.47. The number of allylic oxidation sites excluding steroid dienone is 3. The molecule has 0 aromatic carbocycles. The molecule has 2 unspecified atom stereocenters. The van der Waals surface area contributed by atoms with E-state index < -0.39 is 69.2 Å². The van der Waals surface area contributed by atoms with Gasteiger partial charge in [-0.2, -0.15) is 0 Å². The SMILES string of the molecule is CC(=O)O[C@@H]1C(=O)C2=C(C(=O)CC3C(C)(C)[C@@H](O)CC[C@]23C)[C@]2(C)C(=O)CC(/C(C)=C\C(=O)C[C@@H](C)C(=O)O)[C@@]12C. The second-order valence-corrected chi connectivity index (χ2v) is 14.0. The summed E-state index contributed by atoms with van der Waals surface area (Å²) >= 11 is 0. The first kappa shape index (κ1) is 31.0. The van der Waals surface area contributed by atoms with Gasteiger partial charge in [-0.25, -0.2) is 0 Å². The van der Waals surface area contributed by atoms with Crippen molar-refractivity contribution in [3.8, 4) is 0 Å². The predicted octanol–water partition coefficient (Wildman–Crippen LogP) is 3.80. The summed E-state index contributed by atoms with van der Waals surface area (Å²) in [5.74, 6) is -5.29. The summed E-state index contributed by atoms with van der Waals surface area (Å²) in [6, 6.07) is 0. The Kier molecular flexibility index (Phi) is 7.42. The number of ether oxygens (including phenoxy) is 1. The number of carbonyl (C=O) groups is 6. The van der Waals surface area contributed by atoms with Gasteiger partial charge in [0.05, 0.1) is 17.4 Å². The topological polar surface area (TPSA) is 152 Å². The molecule has 0 aromatic rings. The number of aliphatic hydroxyl groups is 1. The van der Waals surface area contributed by atoms with Gasteiger partial charge < -0.3 is 14.9 Å². The number of aliphatic hydroxyl groups excluding tert-OH is 1. The molecular weight excluding hydrogens is 528 g/mol. The molecule has 0 radical (unpaired) electrons. The Bertz CT molecular complexity index is 1320. The van der Waals surface area contributed by atoms with Crippen LogP contribution in [0.5, 0.6) is 0 Å². The zero-order valence-corrected chi connectivity index (χ0v) is 25.3. The fourth-order valence-corrected chi connectivity index (χ4v) is 8.76. The highest BCUT2D eigenvalue weighted by atomic mass is 16.5. The number of esters is 1. The van der Waals surface area contributed by atoms with Crippen molar-refractivity contribution in [2.75, 3.05) is 0 Å². The third kappa shape index (κ3) is 4.21. The molecule has 4 aliphatic carbocycles. The van der Waals surface area contributed by atoms with Gasteiger partial charge in [-0.1, -0.05) is 40.2 Å². The molecule has 9 heteroatoms. The molecule has 224 valence electrons. The van der Waals surface area contributed by atoms with Crippen molar-refractivity contribution >= 4 is 35.1 Å². The number of carbonyl (C=O) groups excluding carboxylic acids is 5. The van der Waals surface area contributed by atoms with Gasteiger partial charge in [0.25, 0.3) is 0 Å². The van der Waals surface area contributed by atoms with E-state index in [0.29, 0.717) is 18.4 Å². The van der Waals surface area contributed by atoms with Crippen LogP contribution in [-0.2, 0) is 33.5 Å². The standard InChI is InChI=1S/C32H42O9/c1-15(11-18(34)12-16(2)28(39)40)19-13-23(37)32(8)24-20(35)14-21-29(4,5)22(36)9-10-30(21,6)25(24)26(38)27(31(19,32)7)41-17(3)33/h11,16,19,21-22,27,36H,9-10,12-14H2,1-8H3,(H,39,40)/b15-11-/t16-,19?,21?,22+,27-,30+,31+,32+/m1/s1. The zero-order chi connectivity index (χ0) is 31.0. The first-order chi connectivity index (χ1) is 18.8. The molecule has 2 saturated carbocycles. The summed E-state index contributed by atoms with van der Waals surface area (Å²) in [6.45, 7) is 13.4. The van der Waals surface area contributed by atoms with Crippen LogP contribution < -0.4 is 0 Å². The second kappa shape index (κ2) is 9.82. The van der Waals surface area contributed by atoms with Crippen LogP contribution in [0.4, 0.5) is 0 Å². The summed E-state index contributed by atoms with van der Waals surface area (Å²) < 4.78 is 5.77. The van der Waals surface area contributed by atoms with E-state index in [2.05, 4.69) is 0 Å². The zero-order valence-electron chi connectivity index (χ0n) is 25.3. The number of fused-ring (bicyclic) bond motifs is 4. The highest BCUT2D eigenvalue weighted by Crippen LogP contribution is 2.70. The predicted molar refractivity (Wildman–Crippen MR) is 147 cm³/mol. The Morgan fingerprint density at radius 1 is 1.02 bits per heavy atom. The van der Waals surface area contributed by atoms with E-state index >= 15 is 0 Å². The molecule has 4 rings (SSSR count). The van der Waals surface area contributed by atoms with Crippen molar-refractivity contribution < 1.29 is 43.7 Å². The van der Waals surface area contributed by atoms with Crippen LogP contribution in [0.25, 0.3) is 0 Å². The highest BCUT2D eigenvalue weighted by molar-refractivity contribution is 6.18. The van der Waals surface area contributed by atoms with E-state index in [9.17, 15) is 39.0 Å². The number of carboxylic acids is 1. The van der Waals surface area contributed by atoms with Crippen LogP contribution >= 0.6 is 0 Å². The van der Waals surface area contributed by atoms with E-state index in [0.717, 1.165) is 0 Å². The number of hydrogen-bond acceptors (Lipinski definition) is 8. The van der Waals surface area contributed by atoms with E-state index in [-0.39, 0.29) is 47.9 Å². The van der Waals surface area contributed by atoms with Crippen molar-refractivity contribution in [3.05, 3.63) is 22.8 Å². The Hall–Kier alpha value is -2.94. The molecule has 0 amide bonds. The first-order valence-electron chi connectivity index (χ1n) is 14.4. The highest BCUT2D eigenvalue weighted by Gasteiger charge is 2.74. The van der Waals surface area contributed by atoms with Crippen LogP contribution in [0.3, 0.4) is 0 Å². The van der Waals surface area contributed by atoms with Gasteiger partial charge in [-0.05, 0) is 50.0 Å². The first-order valence-corrected chi connectivity index (χ1v) is 14.4. The molecule has 2 fully saturated rings. The Morgan fingerprint density at radius 3 is 2.20 bits per heavy atom. The minimum absolute atomic E-state index is 0.0729. The van der Waals surface area contributed by atoms with E-state index in [1.165, 1.54) is 19.9 Å². The third-order valence-corrected chi connectivity index (χ3v) is 11.4. The molecular formula is C32H42O9. The van der Waals surface area contributed by atoms with Crippen LogP contribution in [-0.4, -0.2) is 57.5 Å². The van der Waals surface area contributed by atoms with Gasteiger partial charge in [0.2, 0.25) is 5.78 Å². The maximum absolute atomic E-state index is 14.6. The summed E-state index contributed by atoms with van der Waals surface area (Å²) in [6.07, 6.45) is -0.0972. The van der Waals surface area contributed by atoms with Gasteiger partial charge in [0.1, 0.15) is 5.78 Å². The lowest BCUT2D eigenvalue weighted by atomic mass is 9.42. The Balaban J connectivity index is 1.94. The maximum atomic E-state index is 14.6. The average Bonchev–Trinajstić information content (AvgIpc) is 3.07. The quantitative estimate of drug-likeness (QED) is 0.359. The van der Waals surface area contributed by atoms with E-state index in [1.807, 2.05) is 20.8 Å². The fraction of sp³-hybridized carbons (Fsp3) is 0.688. The summed E-state index contributed by atoms with van der Waals surface area (Å²) in [5.41, 5.74) is -3.44. The second-order valence-electron chi connectivity index (χ2n) is 14.0. The third-order valence-electron chi connectivity index (χ3n) is 11.4. The van der Waals surface area contributed by atoms with Gasteiger partial charge >= 0.3 is 11.9 Å². The van der Waals surface area contributed by atoms with E-state index in [1.54, 1.807) is 20.8 Å². The fourth-order valence-electron chi connectivity index (χ4n) is 8.76. The molecule has 9 nitrogen and oxygen atoms in total. The molecule has 0 heterocycles. The lowest BCUT2D eigenvalue weighted by molar-refractivity contribution is -0.173. The lowest BCUT2D eigenvalue weighted by Crippen LogP contribution is -2.64. The smallest absolute Gasteiger partial charge is 0.306 e. The van der Waals surface area contributed by atoms with Crippen molar-refractivity contribution in [1.29, 1.82) is 0 Å². The van der Waals surface area contributed by atoms with Crippen LogP contribution in [0.2, 0.25) is 0 Å². The van der Waals surface area contributed by atoms with Crippen LogP contribution in [0.1, 0.15) is 87.5 Å². The van der Waals surface area contributed by atoms with Gasteiger partial charge in [0.15, 0.2) is 17.7 Å². The van der Waals surface area contributed by atoms with Crippen molar-refractivity contribution in [2.45, 2.75) is 99.7 Å². The van der Waals surface area contributed by atoms with Crippen LogP contribution in [0, 0.1) is 39.4 Å². The molecule has 41 heavy (non-hydrogen) atoms. The molecule has 0 aliphatic heterocycles. The summed E-state index contributed by atoms with van der Waals surface area (Å²) in [5, 5.41) is 20.1. The van der Waals surface area contributed by atoms with Crippen molar-refractivity contribution in [1.82, 2.24) is 0 Å². The number of aliphatic carboxylic acids is 1. The molecule has 4 aliphatic rings.